The summed E-state index contributed by atoms with van der Waals surface area (Å²) in [5.74, 6) is 2.82. The lowest BCUT2D eigenvalue weighted by atomic mass is 9.49. The Balaban J connectivity index is 1.43. The highest BCUT2D eigenvalue weighted by molar-refractivity contribution is 6.74. The molecule has 1 saturated heterocycles. The molecule has 0 aromatic rings. The smallest absolute Gasteiger partial charge is 0.192 e. The lowest BCUT2D eigenvalue weighted by molar-refractivity contribution is -0.160. The summed E-state index contributed by atoms with van der Waals surface area (Å²) < 4.78 is 20.3. The minimum Gasteiger partial charge on any atom is -0.414 e. The molecule has 4 saturated carbocycles. The largest absolute Gasteiger partial charge is 0.414 e. The van der Waals surface area contributed by atoms with Crippen LogP contribution in [0.3, 0.4) is 0 Å². The van der Waals surface area contributed by atoms with Gasteiger partial charge >= 0.3 is 0 Å². The quantitative estimate of drug-likeness (QED) is 0.449. The zero-order valence-electron chi connectivity index (χ0n) is 21.7. The molecule has 0 amide bonds. The fourth-order valence-corrected chi connectivity index (χ4v) is 9.61. The Labute approximate surface area is 196 Å². The Hall–Kier alpha value is -0.233. The van der Waals surface area contributed by atoms with E-state index < -0.39 is 14.1 Å². The third-order valence-electron chi connectivity index (χ3n) is 10.8. The fraction of sp³-hybridized carbons (Fsp3) is 0.963. The first-order valence-corrected chi connectivity index (χ1v) is 16.2. The van der Waals surface area contributed by atoms with Gasteiger partial charge in [0.2, 0.25) is 0 Å². The number of ketones is 1. The number of ether oxygens (including phenoxy) is 2. The van der Waals surface area contributed by atoms with Crippen molar-refractivity contribution in [2.75, 3.05) is 0 Å². The maximum Gasteiger partial charge on any atom is 0.192 e. The van der Waals surface area contributed by atoms with Crippen LogP contribution in [0.25, 0.3) is 0 Å². The topological polar surface area (TPSA) is 44.8 Å². The molecule has 182 valence electrons. The van der Waals surface area contributed by atoms with Crippen LogP contribution < -0.4 is 0 Å². The summed E-state index contributed by atoms with van der Waals surface area (Å²) in [6, 6.07) is 0. The zero-order chi connectivity index (χ0) is 23.3. The molecule has 4 nitrogen and oxygen atoms in total. The molecule has 1 aliphatic heterocycles. The Morgan fingerprint density at radius 3 is 2.31 bits per heavy atom. The lowest BCUT2D eigenvalue weighted by Crippen LogP contribution is -2.60. The molecule has 0 radical (unpaired) electrons. The van der Waals surface area contributed by atoms with E-state index in [9.17, 15) is 4.79 Å². The number of fused-ring (bicyclic) bond motifs is 8. The van der Waals surface area contributed by atoms with Crippen molar-refractivity contribution in [1.29, 1.82) is 0 Å². The Morgan fingerprint density at radius 2 is 1.62 bits per heavy atom. The monoisotopic (exact) mass is 462 g/mol. The molecule has 32 heavy (non-hydrogen) atoms. The summed E-state index contributed by atoms with van der Waals surface area (Å²) in [6.45, 7) is 18.2. The van der Waals surface area contributed by atoms with Gasteiger partial charge in [0.05, 0.1) is 12.2 Å². The Morgan fingerprint density at radius 1 is 0.938 bits per heavy atom. The lowest BCUT2D eigenvalue weighted by Gasteiger charge is -2.58. The standard InChI is InChI=1S/C27H46O4Si/c1-25(2,3)32(7,8)31-16-9-10-17-18-13-14-27(6)20(11-12-21(27)28)22(18)24-23(19(17)15-16)29-26(4,5)30-24/h16-20,22-24H,9-15H2,1-8H3/t16-,17?,18?,19?,20?,22?,23?,24+,27-/m0/s1. The van der Waals surface area contributed by atoms with E-state index in [-0.39, 0.29) is 22.7 Å². The number of rotatable bonds is 2. The molecule has 1 heterocycles. The summed E-state index contributed by atoms with van der Waals surface area (Å²) in [7, 11) is -1.79. The van der Waals surface area contributed by atoms with Crippen molar-refractivity contribution in [3.8, 4) is 0 Å². The van der Waals surface area contributed by atoms with Crippen LogP contribution in [0.5, 0.6) is 0 Å². The average molecular weight is 463 g/mol. The van der Waals surface area contributed by atoms with Gasteiger partial charge in [0.25, 0.3) is 0 Å². The van der Waals surface area contributed by atoms with Crippen LogP contribution >= 0.6 is 0 Å². The number of hydrogen-bond donors (Lipinski definition) is 0. The number of Topliss-reactive ketones (excluding diaryl/α,β-unsaturated/α-hetero) is 1. The van der Waals surface area contributed by atoms with Crippen LogP contribution in [0.1, 0.15) is 86.5 Å². The highest BCUT2D eigenvalue weighted by Gasteiger charge is 2.65. The van der Waals surface area contributed by atoms with E-state index >= 15 is 0 Å². The van der Waals surface area contributed by atoms with Crippen LogP contribution in [0.4, 0.5) is 0 Å². The fourth-order valence-electron chi connectivity index (χ4n) is 8.21. The molecule has 0 aromatic heterocycles. The first kappa shape index (κ1) is 23.5. The molecule has 0 bridgehead atoms. The highest BCUT2D eigenvalue weighted by atomic mass is 28.4. The highest BCUT2D eigenvalue weighted by Crippen LogP contribution is 2.64. The second-order valence-electron chi connectivity index (χ2n) is 14.0. The van der Waals surface area contributed by atoms with Gasteiger partial charge in [-0.05, 0) is 100 Å². The van der Waals surface area contributed by atoms with Gasteiger partial charge in [0, 0.05) is 17.9 Å². The predicted octanol–water partition coefficient (Wildman–Crippen LogP) is 6.34. The first-order valence-electron chi connectivity index (χ1n) is 13.3. The molecule has 6 unspecified atom stereocenters. The van der Waals surface area contributed by atoms with Gasteiger partial charge in [0.1, 0.15) is 5.78 Å². The molecular formula is C27H46O4Si. The maximum atomic E-state index is 12.9. The molecule has 0 N–H and O–H groups in total. The second kappa shape index (κ2) is 7.38. The van der Waals surface area contributed by atoms with Crippen LogP contribution in [0.15, 0.2) is 0 Å². The van der Waals surface area contributed by atoms with Gasteiger partial charge in [-0.1, -0.05) is 27.7 Å². The van der Waals surface area contributed by atoms with Crippen molar-refractivity contribution >= 4 is 14.1 Å². The van der Waals surface area contributed by atoms with E-state index in [2.05, 4.69) is 54.6 Å². The van der Waals surface area contributed by atoms with Crippen molar-refractivity contribution in [3.05, 3.63) is 0 Å². The van der Waals surface area contributed by atoms with E-state index in [1.54, 1.807) is 0 Å². The van der Waals surface area contributed by atoms with Crippen LogP contribution in [0, 0.1) is 35.0 Å². The zero-order valence-corrected chi connectivity index (χ0v) is 22.7. The van der Waals surface area contributed by atoms with E-state index in [4.69, 9.17) is 13.9 Å². The second-order valence-corrected chi connectivity index (χ2v) is 18.7. The van der Waals surface area contributed by atoms with Crippen molar-refractivity contribution in [2.45, 2.75) is 129 Å². The van der Waals surface area contributed by atoms with Gasteiger partial charge in [-0.25, -0.2) is 0 Å². The number of carbonyl (C=O) groups excluding carboxylic acids is 1. The minimum absolute atomic E-state index is 0.128. The molecular weight excluding hydrogens is 416 g/mol. The van der Waals surface area contributed by atoms with E-state index in [1.807, 2.05) is 0 Å². The van der Waals surface area contributed by atoms with Crippen LogP contribution in [-0.4, -0.2) is 38.2 Å². The molecule has 0 spiro atoms. The molecule has 5 rings (SSSR count). The number of carbonyl (C=O) groups is 1. The Kier molecular flexibility index (Phi) is 5.42. The summed E-state index contributed by atoms with van der Waals surface area (Å²) in [6.07, 6.45) is 8.26. The predicted molar refractivity (Wildman–Crippen MR) is 129 cm³/mol. The summed E-state index contributed by atoms with van der Waals surface area (Å²) in [4.78, 5) is 12.9. The average Bonchev–Trinajstić information content (AvgIpc) is 3.16. The van der Waals surface area contributed by atoms with Gasteiger partial charge < -0.3 is 13.9 Å². The van der Waals surface area contributed by atoms with Gasteiger partial charge in [-0.15, -0.1) is 0 Å². The van der Waals surface area contributed by atoms with Crippen molar-refractivity contribution in [3.63, 3.8) is 0 Å². The Bertz CT molecular complexity index is 770. The summed E-state index contributed by atoms with van der Waals surface area (Å²) >= 11 is 0. The minimum atomic E-state index is -1.79. The third kappa shape index (κ3) is 3.51. The molecule has 0 aromatic carbocycles. The van der Waals surface area contributed by atoms with Crippen LogP contribution in [0.2, 0.25) is 18.1 Å². The molecule has 4 aliphatic carbocycles. The SMILES string of the molecule is CC1(C)OC2C3C[C@@H](O[Si](C)(C)C(C)(C)C)CCC3C3CC[C@]4(C)C(=O)CCC4C3[C@H]2O1. The van der Waals surface area contributed by atoms with Crippen molar-refractivity contribution < 1.29 is 18.7 Å². The molecule has 5 aliphatic rings. The van der Waals surface area contributed by atoms with Crippen molar-refractivity contribution in [1.82, 2.24) is 0 Å². The van der Waals surface area contributed by atoms with E-state index in [0.29, 0.717) is 41.5 Å². The van der Waals surface area contributed by atoms with Crippen molar-refractivity contribution in [2.24, 2.45) is 35.0 Å². The molecule has 5 fully saturated rings. The third-order valence-corrected chi connectivity index (χ3v) is 15.3. The van der Waals surface area contributed by atoms with Crippen LogP contribution in [-0.2, 0) is 18.7 Å². The van der Waals surface area contributed by atoms with Gasteiger partial charge in [-0.3, -0.25) is 4.79 Å². The van der Waals surface area contributed by atoms with Gasteiger partial charge in [0.15, 0.2) is 14.1 Å². The maximum absolute atomic E-state index is 12.9. The molecule has 9 atom stereocenters. The van der Waals surface area contributed by atoms with E-state index in [1.165, 1.54) is 19.3 Å². The van der Waals surface area contributed by atoms with Gasteiger partial charge in [-0.2, -0.15) is 0 Å². The normalized spacial score (nSPS) is 48.1. The van der Waals surface area contributed by atoms with E-state index in [0.717, 1.165) is 25.7 Å². The number of hydrogen-bond acceptors (Lipinski definition) is 4. The summed E-state index contributed by atoms with van der Waals surface area (Å²) in [5.41, 5.74) is -0.128. The first-order chi connectivity index (χ1) is 14.7. The summed E-state index contributed by atoms with van der Waals surface area (Å²) in [5, 5.41) is 0.238. The molecule has 5 heteroatoms.